The third-order valence-electron chi connectivity index (χ3n) is 3.88. The number of carbonyl (C=O) groups is 4. The third kappa shape index (κ3) is 2.55. The Kier molecular flexibility index (Phi) is 3.79. The molecular formula is C16H14N2O5. The highest BCUT2D eigenvalue weighted by molar-refractivity contribution is 6.23. The summed E-state index contributed by atoms with van der Waals surface area (Å²) < 4.78 is 0. The number of piperidine rings is 1. The fourth-order valence-electron chi connectivity index (χ4n) is 2.78. The van der Waals surface area contributed by atoms with E-state index in [2.05, 4.69) is 5.32 Å². The van der Waals surface area contributed by atoms with Gasteiger partial charge in [0.05, 0.1) is 17.7 Å². The number of hydrogen-bond donors (Lipinski definition) is 2. The van der Waals surface area contributed by atoms with Crippen molar-refractivity contribution in [2.45, 2.75) is 18.9 Å². The summed E-state index contributed by atoms with van der Waals surface area (Å²) in [6.07, 6.45) is 3.37. The quantitative estimate of drug-likeness (QED) is 0.770. The minimum Gasteiger partial charge on any atom is -0.392 e. The summed E-state index contributed by atoms with van der Waals surface area (Å²) in [6, 6.07) is 3.77. The van der Waals surface area contributed by atoms with Gasteiger partial charge in [-0.25, -0.2) is 0 Å². The Hall–Kier alpha value is -2.80. The molecule has 1 unspecified atom stereocenters. The molecular weight excluding hydrogens is 300 g/mol. The molecule has 1 saturated heterocycles. The zero-order chi connectivity index (χ0) is 16.6. The maximum absolute atomic E-state index is 12.5. The monoisotopic (exact) mass is 314 g/mol. The number of hydrogen-bond acceptors (Lipinski definition) is 5. The highest BCUT2D eigenvalue weighted by Gasteiger charge is 2.44. The number of nitrogens with one attached hydrogen (secondary N) is 1. The van der Waals surface area contributed by atoms with E-state index in [9.17, 15) is 19.2 Å². The first-order valence-electron chi connectivity index (χ1n) is 7.16. The van der Waals surface area contributed by atoms with Crippen molar-refractivity contribution in [3.8, 4) is 0 Å². The Balaban J connectivity index is 1.93. The smallest absolute Gasteiger partial charge is 0.262 e. The third-order valence-corrected chi connectivity index (χ3v) is 3.88. The molecule has 23 heavy (non-hydrogen) atoms. The lowest BCUT2D eigenvalue weighted by atomic mass is 10.0. The molecule has 1 atom stereocenters. The molecule has 2 heterocycles. The maximum Gasteiger partial charge on any atom is 0.262 e. The SMILES string of the molecule is O=C1CCC(N2C(=O)c3ccc(C=CCO)cc3C2=O)C(=O)N1. The van der Waals surface area contributed by atoms with Gasteiger partial charge in [0, 0.05) is 6.42 Å². The van der Waals surface area contributed by atoms with Gasteiger partial charge in [-0.05, 0) is 24.1 Å². The molecule has 0 saturated carbocycles. The topological polar surface area (TPSA) is 104 Å². The molecule has 0 aliphatic carbocycles. The van der Waals surface area contributed by atoms with E-state index in [4.69, 9.17) is 5.11 Å². The van der Waals surface area contributed by atoms with Gasteiger partial charge in [-0.15, -0.1) is 0 Å². The summed E-state index contributed by atoms with van der Waals surface area (Å²) in [6.45, 7) is -0.133. The van der Waals surface area contributed by atoms with Gasteiger partial charge in [-0.2, -0.15) is 0 Å². The van der Waals surface area contributed by atoms with Crippen LogP contribution < -0.4 is 5.32 Å². The van der Waals surface area contributed by atoms with E-state index in [-0.39, 0.29) is 30.6 Å². The summed E-state index contributed by atoms with van der Waals surface area (Å²) in [5, 5.41) is 10.9. The van der Waals surface area contributed by atoms with Crippen molar-refractivity contribution < 1.29 is 24.3 Å². The second-order valence-electron chi connectivity index (χ2n) is 5.34. The summed E-state index contributed by atoms with van der Waals surface area (Å²) in [5.41, 5.74) is 1.13. The first-order valence-corrected chi connectivity index (χ1v) is 7.16. The van der Waals surface area contributed by atoms with Crippen molar-refractivity contribution in [3.05, 3.63) is 41.0 Å². The van der Waals surface area contributed by atoms with Gasteiger partial charge in [-0.3, -0.25) is 29.4 Å². The number of benzene rings is 1. The summed E-state index contributed by atoms with van der Waals surface area (Å²) in [4.78, 5) is 49.0. The number of amides is 4. The number of rotatable bonds is 3. The van der Waals surface area contributed by atoms with Crippen LogP contribution in [0.2, 0.25) is 0 Å². The van der Waals surface area contributed by atoms with Crippen LogP contribution in [0.4, 0.5) is 0 Å². The standard InChI is InChI=1S/C16H14N2O5/c19-7-1-2-9-3-4-10-11(8-9)16(23)18(15(10)22)12-5-6-13(20)17-14(12)21/h1-4,8,12,19H,5-7H2,(H,17,20,21). The van der Waals surface area contributed by atoms with Gasteiger partial charge >= 0.3 is 0 Å². The predicted octanol–water partition coefficient (Wildman–Crippen LogP) is 0.0933. The van der Waals surface area contributed by atoms with E-state index >= 15 is 0 Å². The second kappa shape index (κ2) is 5.77. The molecule has 0 spiro atoms. The number of aliphatic hydroxyl groups excluding tert-OH is 1. The Morgan fingerprint density at radius 3 is 2.61 bits per heavy atom. The van der Waals surface area contributed by atoms with Gasteiger partial charge < -0.3 is 5.11 Å². The molecule has 118 valence electrons. The average Bonchev–Trinajstić information content (AvgIpc) is 2.77. The van der Waals surface area contributed by atoms with Crippen molar-refractivity contribution in [1.82, 2.24) is 10.2 Å². The van der Waals surface area contributed by atoms with Gasteiger partial charge in [0.25, 0.3) is 11.8 Å². The van der Waals surface area contributed by atoms with E-state index in [1.807, 2.05) is 0 Å². The fraction of sp³-hybridized carbons (Fsp3) is 0.250. The molecule has 3 rings (SSSR count). The van der Waals surface area contributed by atoms with Gasteiger partial charge in [0.2, 0.25) is 11.8 Å². The van der Waals surface area contributed by atoms with Crippen LogP contribution >= 0.6 is 0 Å². The lowest BCUT2D eigenvalue weighted by Gasteiger charge is -2.27. The van der Waals surface area contributed by atoms with Crippen molar-refractivity contribution in [2.75, 3.05) is 6.61 Å². The number of fused-ring (bicyclic) bond motifs is 1. The van der Waals surface area contributed by atoms with Gasteiger partial charge in [0.15, 0.2) is 0 Å². The molecule has 1 aromatic carbocycles. The predicted molar refractivity (Wildman–Crippen MR) is 79.2 cm³/mol. The molecule has 7 nitrogen and oxygen atoms in total. The normalized spacial score (nSPS) is 21.1. The van der Waals surface area contributed by atoms with E-state index in [1.54, 1.807) is 18.2 Å². The molecule has 2 N–H and O–H groups in total. The van der Waals surface area contributed by atoms with Crippen LogP contribution in [-0.2, 0) is 9.59 Å². The molecule has 1 aromatic rings. The van der Waals surface area contributed by atoms with Gasteiger partial charge in [0.1, 0.15) is 6.04 Å². The minimum atomic E-state index is -0.962. The first kappa shape index (κ1) is 15.1. The Morgan fingerprint density at radius 1 is 1.17 bits per heavy atom. The van der Waals surface area contributed by atoms with E-state index in [1.165, 1.54) is 12.1 Å². The van der Waals surface area contributed by atoms with Crippen LogP contribution in [0.1, 0.15) is 39.1 Å². The summed E-state index contributed by atoms with van der Waals surface area (Å²) >= 11 is 0. The van der Waals surface area contributed by atoms with Crippen LogP contribution in [0, 0.1) is 0 Å². The molecule has 1 fully saturated rings. The van der Waals surface area contributed by atoms with E-state index in [0.29, 0.717) is 5.56 Å². The number of carbonyl (C=O) groups excluding carboxylic acids is 4. The van der Waals surface area contributed by atoms with Crippen LogP contribution in [0.15, 0.2) is 24.3 Å². The number of imide groups is 2. The van der Waals surface area contributed by atoms with Crippen molar-refractivity contribution in [1.29, 1.82) is 0 Å². The Bertz CT molecular complexity index is 753. The Morgan fingerprint density at radius 2 is 1.91 bits per heavy atom. The highest BCUT2D eigenvalue weighted by Crippen LogP contribution is 2.28. The highest BCUT2D eigenvalue weighted by atomic mass is 16.2. The minimum absolute atomic E-state index is 0.0916. The van der Waals surface area contributed by atoms with Crippen LogP contribution in [0.25, 0.3) is 6.08 Å². The average molecular weight is 314 g/mol. The zero-order valence-corrected chi connectivity index (χ0v) is 12.1. The molecule has 2 aliphatic heterocycles. The molecule has 0 aromatic heterocycles. The Labute approximate surface area is 131 Å². The fourth-order valence-corrected chi connectivity index (χ4v) is 2.78. The molecule has 0 radical (unpaired) electrons. The summed E-state index contributed by atoms with van der Waals surface area (Å²) in [5.74, 6) is -2.11. The van der Waals surface area contributed by atoms with Crippen molar-refractivity contribution in [2.24, 2.45) is 0 Å². The maximum atomic E-state index is 12.5. The largest absolute Gasteiger partial charge is 0.392 e. The molecule has 0 bridgehead atoms. The molecule has 7 heteroatoms. The van der Waals surface area contributed by atoms with E-state index in [0.717, 1.165) is 4.90 Å². The van der Waals surface area contributed by atoms with Gasteiger partial charge in [-0.1, -0.05) is 18.2 Å². The summed E-state index contributed by atoms with van der Waals surface area (Å²) in [7, 11) is 0. The second-order valence-corrected chi connectivity index (χ2v) is 5.34. The number of nitrogens with zero attached hydrogens (tertiary/aromatic N) is 1. The van der Waals surface area contributed by atoms with E-state index < -0.39 is 29.7 Å². The van der Waals surface area contributed by atoms with Crippen molar-refractivity contribution >= 4 is 29.7 Å². The molecule has 4 amide bonds. The lowest BCUT2D eigenvalue weighted by molar-refractivity contribution is -0.136. The first-order chi connectivity index (χ1) is 11.0. The molecule has 2 aliphatic rings. The zero-order valence-electron chi connectivity index (χ0n) is 12.1. The van der Waals surface area contributed by atoms with Crippen LogP contribution in [0.5, 0.6) is 0 Å². The number of aliphatic hydroxyl groups is 1. The lowest BCUT2D eigenvalue weighted by Crippen LogP contribution is -2.54. The van der Waals surface area contributed by atoms with Crippen molar-refractivity contribution in [3.63, 3.8) is 0 Å². The van der Waals surface area contributed by atoms with Crippen LogP contribution in [0.3, 0.4) is 0 Å². The van der Waals surface area contributed by atoms with Crippen LogP contribution in [-0.4, -0.2) is 46.3 Å².